The molecule has 0 aliphatic rings. The first-order chi connectivity index (χ1) is 13.9. The summed E-state index contributed by atoms with van der Waals surface area (Å²) in [7, 11) is 0. The van der Waals surface area contributed by atoms with Gasteiger partial charge in [0.1, 0.15) is 17.4 Å². The molecule has 0 amide bonds. The third kappa shape index (κ3) is 3.88. The topological polar surface area (TPSA) is 69.9 Å². The van der Waals surface area contributed by atoms with Gasteiger partial charge in [-0.05, 0) is 51.1 Å². The number of hydrogen-bond donors (Lipinski definition) is 0. The van der Waals surface area contributed by atoms with Crippen LogP contribution in [-0.2, 0) is 11.3 Å². The lowest BCUT2D eigenvalue weighted by atomic mass is 10.1. The van der Waals surface area contributed by atoms with E-state index in [1.807, 2.05) is 26.2 Å². The van der Waals surface area contributed by atoms with Gasteiger partial charge in [-0.3, -0.25) is 0 Å². The van der Waals surface area contributed by atoms with E-state index >= 15 is 0 Å². The highest BCUT2D eigenvalue weighted by Crippen LogP contribution is 2.25. The number of halogens is 1. The second kappa shape index (κ2) is 7.71. The van der Waals surface area contributed by atoms with E-state index in [0.29, 0.717) is 22.3 Å². The van der Waals surface area contributed by atoms with Gasteiger partial charge in [0, 0.05) is 22.7 Å². The molecular weight excluding hydrogens is 391 g/mol. The minimum atomic E-state index is -0.444. The largest absolute Gasteiger partial charge is 0.456 e. The molecule has 0 unspecified atom stereocenters. The maximum Gasteiger partial charge on any atom is 0.339 e. The Morgan fingerprint density at radius 2 is 2.00 bits per heavy atom. The molecule has 0 radical (unpaired) electrons. The summed E-state index contributed by atoms with van der Waals surface area (Å²) in [5, 5.41) is 7.59. The van der Waals surface area contributed by atoms with Crippen LogP contribution in [-0.4, -0.2) is 25.7 Å². The number of aryl methyl sites for hydroxylation is 1. The summed E-state index contributed by atoms with van der Waals surface area (Å²) in [4.78, 5) is 21.7. The fraction of sp³-hybridized carbons (Fsp3) is 0.238. The van der Waals surface area contributed by atoms with Crippen LogP contribution >= 0.6 is 11.3 Å². The van der Waals surface area contributed by atoms with Crippen LogP contribution < -0.4 is 0 Å². The second-order valence-corrected chi connectivity index (χ2v) is 7.82. The molecule has 29 heavy (non-hydrogen) atoms. The van der Waals surface area contributed by atoms with Gasteiger partial charge in [0.2, 0.25) is 0 Å². The molecule has 0 aliphatic carbocycles. The summed E-state index contributed by atoms with van der Waals surface area (Å²) in [6.07, 6.45) is 1.65. The molecule has 0 saturated heterocycles. The number of aromatic nitrogens is 4. The summed E-state index contributed by atoms with van der Waals surface area (Å²) in [6.45, 7) is 5.91. The number of thiazole rings is 1. The van der Waals surface area contributed by atoms with Crippen molar-refractivity contribution in [2.75, 3.05) is 0 Å². The standard InChI is InChI=1S/C21H19FN4O2S/c1-12(2)26-19-18(9-23-26)17(8-13(3)24-19)21(27)28-10-16-11-29-20(25-16)14-4-6-15(22)7-5-14/h4-9,11-12H,10H2,1-3H3. The van der Waals surface area contributed by atoms with Crippen LogP contribution in [0.2, 0.25) is 0 Å². The first-order valence-electron chi connectivity index (χ1n) is 9.14. The highest BCUT2D eigenvalue weighted by Gasteiger charge is 2.18. The van der Waals surface area contributed by atoms with Crippen LogP contribution in [0.1, 0.15) is 41.6 Å². The van der Waals surface area contributed by atoms with Gasteiger partial charge in [-0.15, -0.1) is 11.3 Å². The molecule has 0 atom stereocenters. The van der Waals surface area contributed by atoms with Crippen LogP contribution in [0, 0.1) is 12.7 Å². The van der Waals surface area contributed by atoms with Crippen molar-refractivity contribution in [1.29, 1.82) is 0 Å². The molecule has 0 saturated carbocycles. The van der Waals surface area contributed by atoms with Crippen molar-refractivity contribution in [2.45, 2.75) is 33.4 Å². The molecule has 6 nitrogen and oxygen atoms in total. The molecule has 4 rings (SSSR count). The average Bonchev–Trinajstić information content (AvgIpc) is 3.33. The summed E-state index contributed by atoms with van der Waals surface area (Å²) < 4.78 is 20.4. The zero-order chi connectivity index (χ0) is 20.5. The molecule has 0 N–H and O–H groups in total. The average molecular weight is 410 g/mol. The molecule has 0 aliphatic heterocycles. The fourth-order valence-corrected chi connectivity index (χ4v) is 3.82. The van der Waals surface area contributed by atoms with Crippen LogP contribution in [0.15, 0.2) is 41.9 Å². The maximum absolute atomic E-state index is 13.1. The zero-order valence-corrected chi connectivity index (χ0v) is 17.0. The van der Waals surface area contributed by atoms with Gasteiger partial charge in [0.05, 0.1) is 22.8 Å². The Bertz CT molecular complexity index is 1180. The van der Waals surface area contributed by atoms with Crippen LogP contribution in [0.4, 0.5) is 4.39 Å². The van der Waals surface area contributed by atoms with Gasteiger partial charge in [0.25, 0.3) is 0 Å². The highest BCUT2D eigenvalue weighted by molar-refractivity contribution is 7.13. The summed E-state index contributed by atoms with van der Waals surface area (Å²) in [5.41, 5.74) is 3.29. The van der Waals surface area contributed by atoms with Crippen molar-refractivity contribution in [3.8, 4) is 10.6 Å². The zero-order valence-electron chi connectivity index (χ0n) is 16.2. The quantitative estimate of drug-likeness (QED) is 0.436. The third-order valence-corrected chi connectivity index (χ3v) is 5.34. The molecular formula is C21H19FN4O2S. The number of ether oxygens (including phenoxy) is 1. The van der Waals surface area contributed by atoms with E-state index < -0.39 is 5.97 Å². The van der Waals surface area contributed by atoms with Crippen molar-refractivity contribution in [3.05, 3.63) is 64.7 Å². The van der Waals surface area contributed by atoms with Crippen molar-refractivity contribution in [2.24, 2.45) is 0 Å². The Morgan fingerprint density at radius 1 is 1.24 bits per heavy atom. The van der Waals surface area contributed by atoms with Gasteiger partial charge in [-0.1, -0.05) is 0 Å². The predicted octanol–water partition coefficient (Wildman–Crippen LogP) is 4.94. The van der Waals surface area contributed by atoms with Crippen molar-refractivity contribution < 1.29 is 13.9 Å². The number of carbonyl (C=O) groups excluding carboxylic acids is 1. The van der Waals surface area contributed by atoms with E-state index in [-0.39, 0.29) is 18.5 Å². The molecule has 8 heteroatoms. The molecule has 4 aromatic rings. The van der Waals surface area contributed by atoms with Crippen molar-refractivity contribution in [3.63, 3.8) is 0 Å². The van der Waals surface area contributed by atoms with E-state index in [1.54, 1.807) is 29.1 Å². The van der Waals surface area contributed by atoms with Crippen LogP contribution in [0.5, 0.6) is 0 Å². The smallest absolute Gasteiger partial charge is 0.339 e. The molecule has 0 spiro atoms. The Balaban J connectivity index is 1.53. The number of carbonyl (C=O) groups is 1. The van der Waals surface area contributed by atoms with Crippen molar-refractivity contribution >= 4 is 28.3 Å². The Labute approximate surface area is 171 Å². The normalized spacial score (nSPS) is 11.3. The molecule has 3 aromatic heterocycles. The van der Waals surface area contributed by atoms with E-state index in [4.69, 9.17) is 4.74 Å². The van der Waals surface area contributed by atoms with E-state index in [0.717, 1.165) is 16.3 Å². The first kappa shape index (κ1) is 19.2. The Morgan fingerprint density at radius 3 is 2.72 bits per heavy atom. The number of pyridine rings is 1. The number of rotatable bonds is 5. The molecule has 0 fully saturated rings. The number of esters is 1. The maximum atomic E-state index is 13.1. The van der Waals surface area contributed by atoms with Crippen LogP contribution in [0.25, 0.3) is 21.6 Å². The van der Waals surface area contributed by atoms with Gasteiger partial charge in [-0.25, -0.2) is 23.8 Å². The van der Waals surface area contributed by atoms with E-state index in [9.17, 15) is 9.18 Å². The Kier molecular flexibility index (Phi) is 5.10. The second-order valence-electron chi connectivity index (χ2n) is 6.96. The van der Waals surface area contributed by atoms with Gasteiger partial charge in [-0.2, -0.15) is 5.10 Å². The SMILES string of the molecule is Cc1cc(C(=O)OCc2csc(-c3ccc(F)cc3)n2)c2cnn(C(C)C)c2n1. The van der Waals surface area contributed by atoms with Gasteiger partial charge < -0.3 is 4.74 Å². The minimum Gasteiger partial charge on any atom is -0.456 e. The number of fused-ring (bicyclic) bond motifs is 1. The van der Waals surface area contributed by atoms with Gasteiger partial charge in [0.15, 0.2) is 5.65 Å². The van der Waals surface area contributed by atoms with Gasteiger partial charge >= 0.3 is 5.97 Å². The lowest BCUT2D eigenvalue weighted by molar-refractivity contribution is 0.0470. The van der Waals surface area contributed by atoms with Crippen molar-refractivity contribution in [1.82, 2.24) is 19.7 Å². The molecule has 148 valence electrons. The third-order valence-electron chi connectivity index (χ3n) is 4.40. The predicted molar refractivity (Wildman–Crippen MR) is 109 cm³/mol. The summed E-state index contributed by atoms with van der Waals surface area (Å²) >= 11 is 1.42. The van der Waals surface area contributed by atoms with E-state index in [2.05, 4.69) is 15.1 Å². The molecule has 3 heterocycles. The summed E-state index contributed by atoms with van der Waals surface area (Å²) in [5.74, 6) is -0.737. The van der Waals surface area contributed by atoms with E-state index in [1.165, 1.54) is 23.5 Å². The molecule has 1 aromatic carbocycles. The minimum absolute atomic E-state index is 0.0533. The Hall–Kier alpha value is -3.13. The molecule has 0 bridgehead atoms. The number of hydrogen-bond acceptors (Lipinski definition) is 6. The number of benzene rings is 1. The summed E-state index contributed by atoms with van der Waals surface area (Å²) in [6, 6.07) is 7.97. The first-order valence-corrected chi connectivity index (χ1v) is 10.0. The fourth-order valence-electron chi connectivity index (χ4n) is 3.01. The monoisotopic (exact) mass is 410 g/mol. The van der Waals surface area contributed by atoms with Crippen LogP contribution in [0.3, 0.4) is 0 Å². The number of nitrogens with zero attached hydrogens (tertiary/aromatic N) is 4. The lowest BCUT2D eigenvalue weighted by Gasteiger charge is -2.08. The lowest BCUT2D eigenvalue weighted by Crippen LogP contribution is -2.08. The highest BCUT2D eigenvalue weighted by atomic mass is 32.1.